The molecule has 0 aromatic carbocycles. The Bertz CT molecular complexity index is 470. The van der Waals surface area contributed by atoms with Gasteiger partial charge in [-0.05, 0) is 17.0 Å². The normalized spacial score (nSPS) is 24.3. The van der Waals surface area contributed by atoms with Gasteiger partial charge in [-0.25, -0.2) is 0 Å². The van der Waals surface area contributed by atoms with E-state index in [-0.39, 0.29) is 5.91 Å². The van der Waals surface area contributed by atoms with Crippen LogP contribution < -0.4 is 5.32 Å². The van der Waals surface area contributed by atoms with Crippen LogP contribution in [0.3, 0.4) is 0 Å². The Morgan fingerprint density at radius 2 is 2.17 bits per heavy atom. The Balaban J connectivity index is 1.93. The van der Waals surface area contributed by atoms with E-state index in [0.29, 0.717) is 6.54 Å². The second-order valence-electron chi connectivity index (χ2n) is 5.19. The first-order chi connectivity index (χ1) is 8.44. The van der Waals surface area contributed by atoms with Gasteiger partial charge in [0.15, 0.2) is 0 Å². The van der Waals surface area contributed by atoms with Gasteiger partial charge in [0.1, 0.15) is 0 Å². The topological polar surface area (TPSA) is 79.3 Å². The molecular weight excluding hydrogens is 232 g/mol. The number of nitrogens with zero attached hydrogens (tertiary/aromatic N) is 1. The van der Waals surface area contributed by atoms with Crippen molar-refractivity contribution in [3.63, 3.8) is 0 Å². The maximum Gasteiger partial charge on any atom is 0.307 e. The van der Waals surface area contributed by atoms with Crippen molar-refractivity contribution in [2.45, 2.75) is 20.4 Å². The molecule has 2 atom stereocenters. The highest BCUT2D eigenvalue weighted by Gasteiger charge is 2.65. The van der Waals surface area contributed by atoms with Crippen LogP contribution in [0.2, 0.25) is 0 Å². The number of carbonyl (C=O) groups is 2. The fourth-order valence-corrected chi connectivity index (χ4v) is 2.39. The highest BCUT2D eigenvalue weighted by Crippen LogP contribution is 2.58. The Morgan fingerprint density at radius 1 is 1.44 bits per heavy atom. The summed E-state index contributed by atoms with van der Waals surface area (Å²) in [5, 5.41) is 11.8. The second-order valence-corrected chi connectivity index (χ2v) is 5.19. The molecule has 1 amide bonds. The van der Waals surface area contributed by atoms with Crippen molar-refractivity contribution < 1.29 is 14.7 Å². The van der Waals surface area contributed by atoms with Gasteiger partial charge >= 0.3 is 5.97 Å². The van der Waals surface area contributed by atoms with Crippen LogP contribution in [0.25, 0.3) is 0 Å². The van der Waals surface area contributed by atoms with E-state index < -0.39 is 23.2 Å². The van der Waals surface area contributed by atoms with Crippen molar-refractivity contribution in [2.75, 3.05) is 0 Å². The molecule has 5 nitrogen and oxygen atoms in total. The zero-order valence-electron chi connectivity index (χ0n) is 10.4. The average molecular weight is 248 g/mol. The second kappa shape index (κ2) is 4.40. The molecule has 0 saturated heterocycles. The molecule has 2 N–H and O–H groups in total. The molecule has 1 aliphatic carbocycles. The van der Waals surface area contributed by atoms with Gasteiger partial charge in [-0.1, -0.05) is 19.9 Å². The van der Waals surface area contributed by atoms with Gasteiger partial charge < -0.3 is 10.4 Å². The van der Waals surface area contributed by atoms with Crippen molar-refractivity contribution in [1.82, 2.24) is 10.3 Å². The quantitative estimate of drug-likeness (QED) is 0.834. The summed E-state index contributed by atoms with van der Waals surface area (Å²) in [6.07, 6.45) is 3.34. The van der Waals surface area contributed by atoms with Crippen LogP contribution in [0.1, 0.15) is 19.4 Å². The van der Waals surface area contributed by atoms with Crippen molar-refractivity contribution >= 4 is 11.9 Å². The summed E-state index contributed by atoms with van der Waals surface area (Å²) in [6, 6.07) is 3.66. The van der Waals surface area contributed by atoms with E-state index in [1.165, 1.54) is 0 Å². The van der Waals surface area contributed by atoms with Crippen molar-refractivity contribution in [3.8, 4) is 0 Å². The number of pyridine rings is 1. The molecule has 0 bridgehead atoms. The number of carbonyl (C=O) groups excluding carboxylic acids is 1. The fourth-order valence-electron chi connectivity index (χ4n) is 2.39. The molecule has 1 aliphatic rings. The molecule has 0 aliphatic heterocycles. The smallest absolute Gasteiger partial charge is 0.307 e. The summed E-state index contributed by atoms with van der Waals surface area (Å²) in [7, 11) is 0. The van der Waals surface area contributed by atoms with Crippen molar-refractivity contribution in [3.05, 3.63) is 30.1 Å². The highest BCUT2D eigenvalue weighted by molar-refractivity contribution is 5.91. The Kier molecular flexibility index (Phi) is 3.07. The molecule has 96 valence electrons. The molecule has 2 rings (SSSR count). The maximum atomic E-state index is 11.9. The molecule has 1 aromatic rings. The third-order valence-electron chi connectivity index (χ3n) is 3.57. The number of aromatic nitrogens is 1. The van der Waals surface area contributed by atoms with Gasteiger partial charge in [-0.15, -0.1) is 0 Å². The van der Waals surface area contributed by atoms with Crippen LogP contribution in [-0.2, 0) is 16.1 Å². The molecule has 0 spiro atoms. The minimum atomic E-state index is -0.901. The van der Waals surface area contributed by atoms with Crippen LogP contribution in [-0.4, -0.2) is 22.0 Å². The largest absolute Gasteiger partial charge is 0.481 e. The lowest BCUT2D eigenvalue weighted by Crippen LogP contribution is -2.26. The number of hydrogen-bond acceptors (Lipinski definition) is 3. The lowest BCUT2D eigenvalue weighted by Gasteiger charge is -2.05. The van der Waals surface area contributed by atoms with Crippen LogP contribution in [0, 0.1) is 17.3 Å². The summed E-state index contributed by atoms with van der Waals surface area (Å²) in [4.78, 5) is 26.8. The predicted octanol–water partition coefficient (Wildman–Crippen LogP) is 1.05. The first-order valence-electron chi connectivity index (χ1n) is 5.84. The Morgan fingerprint density at radius 3 is 2.67 bits per heavy atom. The fraction of sp³-hybridized carbons (Fsp3) is 0.462. The molecule has 0 radical (unpaired) electrons. The predicted molar refractivity (Wildman–Crippen MR) is 64.5 cm³/mol. The molecule has 0 unspecified atom stereocenters. The molecule has 1 fully saturated rings. The first kappa shape index (κ1) is 12.5. The number of nitrogens with one attached hydrogen (secondary N) is 1. The highest BCUT2D eigenvalue weighted by atomic mass is 16.4. The summed E-state index contributed by atoms with van der Waals surface area (Å²) in [5.41, 5.74) is 0.446. The van der Waals surface area contributed by atoms with E-state index in [2.05, 4.69) is 10.3 Å². The van der Waals surface area contributed by atoms with Crippen molar-refractivity contribution in [2.24, 2.45) is 17.3 Å². The number of rotatable bonds is 4. The van der Waals surface area contributed by atoms with E-state index in [4.69, 9.17) is 5.11 Å². The van der Waals surface area contributed by atoms with Gasteiger partial charge in [-0.2, -0.15) is 0 Å². The van der Waals surface area contributed by atoms with E-state index in [1.807, 2.05) is 6.07 Å². The third kappa shape index (κ3) is 2.20. The van der Waals surface area contributed by atoms with Crippen LogP contribution in [0.5, 0.6) is 0 Å². The number of amides is 1. The molecular formula is C13H16N2O3. The molecule has 1 heterocycles. The average Bonchev–Trinajstić information content (AvgIpc) is 2.91. The van der Waals surface area contributed by atoms with Gasteiger partial charge in [0.25, 0.3) is 0 Å². The summed E-state index contributed by atoms with van der Waals surface area (Å²) < 4.78 is 0. The van der Waals surface area contributed by atoms with Crippen molar-refractivity contribution in [1.29, 1.82) is 0 Å². The van der Waals surface area contributed by atoms with Gasteiger partial charge in [-0.3, -0.25) is 14.6 Å². The van der Waals surface area contributed by atoms with E-state index >= 15 is 0 Å². The van der Waals surface area contributed by atoms with E-state index in [9.17, 15) is 9.59 Å². The number of carboxylic acids is 1. The summed E-state index contributed by atoms with van der Waals surface area (Å²) in [5.74, 6) is -2.11. The summed E-state index contributed by atoms with van der Waals surface area (Å²) in [6.45, 7) is 3.99. The van der Waals surface area contributed by atoms with E-state index in [0.717, 1.165) is 5.56 Å². The molecule has 5 heteroatoms. The molecule has 18 heavy (non-hydrogen) atoms. The summed E-state index contributed by atoms with van der Waals surface area (Å²) >= 11 is 0. The zero-order valence-corrected chi connectivity index (χ0v) is 10.4. The van der Waals surface area contributed by atoms with E-state index in [1.54, 1.807) is 32.3 Å². The minimum absolute atomic E-state index is 0.198. The number of hydrogen-bond donors (Lipinski definition) is 2. The van der Waals surface area contributed by atoms with Crippen LogP contribution in [0.15, 0.2) is 24.5 Å². The molecule has 1 aromatic heterocycles. The van der Waals surface area contributed by atoms with Gasteiger partial charge in [0.05, 0.1) is 11.8 Å². The van der Waals surface area contributed by atoms with Gasteiger partial charge in [0.2, 0.25) is 5.91 Å². The standard InChI is InChI=1S/C13H16N2O3/c1-13(2)9(10(13)12(17)18)11(16)15-7-8-4-3-5-14-6-8/h3-6,9-10H,7H2,1-2H3,(H,15,16)(H,17,18)/t9-,10-/m0/s1. The lowest BCUT2D eigenvalue weighted by atomic mass is 10.1. The minimum Gasteiger partial charge on any atom is -0.481 e. The SMILES string of the molecule is CC1(C)[C@H](C(=O)O)[C@H]1C(=O)NCc1cccnc1. The van der Waals surface area contributed by atoms with Crippen LogP contribution in [0.4, 0.5) is 0 Å². The monoisotopic (exact) mass is 248 g/mol. The number of aliphatic carboxylic acids is 1. The number of carboxylic acid groups (broad SMARTS) is 1. The lowest BCUT2D eigenvalue weighted by molar-refractivity contribution is -0.140. The third-order valence-corrected chi connectivity index (χ3v) is 3.57. The molecule has 1 saturated carbocycles. The first-order valence-corrected chi connectivity index (χ1v) is 5.84. The van der Waals surface area contributed by atoms with Gasteiger partial charge in [0, 0.05) is 18.9 Å². The zero-order chi connectivity index (χ0) is 13.3. The van der Waals surface area contributed by atoms with Crippen LogP contribution >= 0.6 is 0 Å². The maximum absolute atomic E-state index is 11.9. The Hall–Kier alpha value is -1.91. The Labute approximate surface area is 105 Å².